The Kier molecular flexibility index (Phi) is 9.37. The van der Waals surface area contributed by atoms with Crippen molar-refractivity contribution in [2.24, 2.45) is 4.99 Å². The maximum absolute atomic E-state index is 11.6. The van der Waals surface area contributed by atoms with Crippen LogP contribution < -0.4 is 20.7 Å². The molecule has 1 aliphatic rings. The SMILES string of the molecule is CCNC(=O)COc1cccc(CNC(=NC)NC2CCN(Cc3ccccc3)CC2)c1. The van der Waals surface area contributed by atoms with Crippen LogP contribution in [0.15, 0.2) is 59.6 Å². The zero-order valence-electron chi connectivity index (χ0n) is 19.1. The van der Waals surface area contributed by atoms with Crippen LogP contribution in [0.5, 0.6) is 5.75 Å². The van der Waals surface area contributed by atoms with Crippen molar-refractivity contribution in [1.82, 2.24) is 20.9 Å². The van der Waals surface area contributed by atoms with E-state index < -0.39 is 0 Å². The van der Waals surface area contributed by atoms with Crippen molar-refractivity contribution in [3.8, 4) is 5.75 Å². The molecule has 0 saturated carbocycles. The highest BCUT2D eigenvalue weighted by molar-refractivity contribution is 5.80. The average molecular weight is 438 g/mol. The lowest BCUT2D eigenvalue weighted by Gasteiger charge is -2.33. The third-order valence-electron chi connectivity index (χ3n) is 5.50. The molecule has 172 valence electrons. The second-order valence-corrected chi connectivity index (χ2v) is 8.00. The summed E-state index contributed by atoms with van der Waals surface area (Å²) < 4.78 is 5.58. The number of likely N-dealkylation sites (N-methyl/N-ethyl adjacent to an activating group) is 1. The first-order chi connectivity index (χ1) is 15.7. The topological polar surface area (TPSA) is 78.0 Å². The summed E-state index contributed by atoms with van der Waals surface area (Å²) in [6.45, 7) is 6.31. The minimum atomic E-state index is -0.115. The number of rotatable bonds is 9. The van der Waals surface area contributed by atoms with Crippen molar-refractivity contribution < 1.29 is 9.53 Å². The number of nitrogens with zero attached hydrogens (tertiary/aromatic N) is 2. The first-order valence-electron chi connectivity index (χ1n) is 11.4. The van der Waals surface area contributed by atoms with Gasteiger partial charge < -0.3 is 20.7 Å². The Hall–Kier alpha value is -3.06. The number of carbonyl (C=O) groups is 1. The number of piperidine rings is 1. The Balaban J connectivity index is 1.40. The number of nitrogens with one attached hydrogen (secondary N) is 3. The molecular formula is C25H35N5O2. The fourth-order valence-corrected chi connectivity index (χ4v) is 3.79. The molecule has 3 rings (SSSR count). The van der Waals surface area contributed by atoms with Gasteiger partial charge in [0.25, 0.3) is 5.91 Å². The fraction of sp³-hybridized carbons (Fsp3) is 0.440. The first kappa shape index (κ1) is 23.6. The number of guanidine groups is 1. The second kappa shape index (κ2) is 12.7. The normalized spacial score (nSPS) is 15.2. The van der Waals surface area contributed by atoms with Gasteiger partial charge in [-0.05, 0) is 43.0 Å². The van der Waals surface area contributed by atoms with Crippen LogP contribution in [0.4, 0.5) is 0 Å². The van der Waals surface area contributed by atoms with Gasteiger partial charge >= 0.3 is 0 Å². The largest absolute Gasteiger partial charge is 0.484 e. The van der Waals surface area contributed by atoms with Crippen LogP contribution in [-0.4, -0.2) is 56.1 Å². The molecule has 3 N–H and O–H groups in total. The number of aliphatic imine (C=N–C) groups is 1. The third kappa shape index (κ3) is 7.89. The van der Waals surface area contributed by atoms with Crippen molar-refractivity contribution in [2.75, 3.05) is 33.3 Å². The van der Waals surface area contributed by atoms with Gasteiger partial charge in [-0.25, -0.2) is 0 Å². The van der Waals surface area contributed by atoms with Gasteiger partial charge in [-0.3, -0.25) is 14.7 Å². The van der Waals surface area contributed by atoms with Crippen LogP contribution in [0.25, 0.3) is 0 Å². The van der Waals surface area contributed by atoms with Gasteiger partial charge in [0.1, 0.15) is 5.75 Å². The molecule has 1 amide bonds. The monoisotopic (exact) mass is 437 g/mol. The van der Waals surface area contributed by atoms with Crippen molar-refractivity contribution in [3.63, 3.8) is 0 Å². The summed E-state index contributed by atoms with van der Waals surface area (Å²) in [7, 11) is 1.80. The molecule has 7 nitrogen and oxygen atoms in total. The zero-order valence-corrected chi connectivity index (χ0v) is 19.1. The van der Waals surface area contributed by atoms with Crippen molar-refractivity contribution in [1.29, 1.82) is 0 Å². The van der Waals surface area contributed by atoms with Crippen LogP contribution in [0, 0.1) is 0 Å². The Morgan fingerprint density at radius 3 is 2.53 bits per heavy atom. The van der Waals surface area contributed by atoms with E-state index in [1.807, 2.05) is 31.2 Å². The number of hydrogen-bond donors (Lipinski definition) is 3. The summed E-state index contributed by atoms with van der Waals surface area (Å²) in [6, 6.07) is 18.8. The third-order valence-corrected chi connectivity index (χ3v) is 5.50. The Morgan fingerprint density at radius 1 is 1.06 bits per heavy atom. The molecular weight excluding hydrogens is 402 g/mol. The van der Waals surface area contributed by atoms with E-state index in [9.17, 15) is 4.79 Å². The molecule has 1 aliphatic heterocycles. The minimum Gasteiger partial charge on any atom is -0.484 e. The van der Waals surface area contributed by atoms with Crippen LogP contribution >= 0.6 is 0 Å². The standard InChI is InChI=1S/C25H35N5O2/c1-3-27-24(31)19-32-23-11-7-10-21(16-23)17-28-25(26-2)29-22-12-14-30(15-13-22)18-20-8-5-4-6-9-20/h4-11,16,22H,3,12-15,17-19H2,1-2H3,(H,27,31)(H2,26,28,29). The molecule has 0 aromatic heterocycles. The predicted molar refractivity (Wildman–Crippen MR) is 129 cm³/mol. The summed E-state index contributed by atoms with van der Waals surface area (Å²) in [5.74, 6) is 1.37. The fourth-order valence-electron chi connectivity index (χ4n) is 3.79. The molecule has 0 unspecified atom stereocenters. The average Bonchev–Trinajstić information content (AvgIpc) is 2.83. The molecule has 32 heavy (non-hydrogen) atoms. The van der Waals surface area contributed by atoms with E-state index in [4.69, 9.17) is 4.74 Å². The Bertz CT molecular complexity index is 864. The van der Waals surface area contributed by atoms with E-state index in [-0.39, 0.29) is 12.5 Å². The summed E-state index contributed by atoms with van der Waals surface area (Å²) in [5, 5.41) is 9.67. The highest BCUT2D eigenvalue weighted by atomic mass is 16.5. The van der Waals surface area contributed by atoms with Gasteiger partial charge in [0.05, 0.1) is 0 Å². The number of likely N-dealkylation sites (tertiary alicyclic amines) is 1. The highest BCUT2D eigenvalue weighted by Crippen LogP contribution is 2.15. The number of ether oxygens (including phenoxy) is 1. The van der Waals surface area contributed by atoms with E-state index in [0.29, 0.717) is 24.9 Å². The predicted octanol–water partition coefficient (Wildman–Crippen LogP) is 2.53. The lowest BCUT2D eigenvalue weighted by molar-refractivity contribution is -0.122. The number of benzene rings is 2. The lowest BCUT2D eigenvalue weighted by atomic mass is 10.0. The van der Waals surface area contributed by atoms with E-state index in [0.717, 1.165) is 44.0 Å². The van der Waals surface area contributed by atoms with Gasteiger partial charge in [-0.15, -0.1) is 0 Å². The Labute approximate surface area is 191 Å². The molecule has 0 atom stereocenters. The molecule has 1 saturated heterocycles. The molecule has 0 aliphatic carbocycles. The molecule has 1 heterocycles. The lowest BCUT2D eigenvalue weighted by Crippen LogP contribution is -2.48. The van der Waals surface area contributed by atoms with E-state index in [1.165, 1.54) is 5.56 Å². The molecule has 0 spiro atoms. The van der Waals surface area contributed by atoms with Gasteiger partial charge in [-0.2, -0.15) is 0 Å². The van der Waals surface area contributed by atoms with Crippen LogP contribution in [-0.2, 0) is 17.9 Å². The molecule has 0 bridgehead atoms. The molecule has 0 radical (unpaired) electrons. The van der Waals surface area contributed by atoms with Crippen molar-refractivity contribution in [2.45, 2.75) is 38.9 Å². The molecule has 1 fully saturated rings. The van der Waals surface area contributed by atoms with Crippen molar-refractivity contribution in [3.05, 3.63) is 65.7 Å². The zero-order chi connectivity index (χ0) is 22.6. The quantitative estimate of drug-likeness (QED) is 0.415. The second-order valence-electron chi connectivity index (χ2n) is 8.00. The summed E-state index contributed by atoms with van der Waals surface area (Å²) in [6.07, 6.45) is 2.19. The minimum absolute atomic E-state index is 0.0247. The maximum atomic E-state index is 11.6. The van der Waals surface area contributed by atoms with Gasteiger partial charge in [0.2, 0.25) is 0 Å². The van der Waals surface area contributed by atoms with Gasteiger partial charge in [0.15, 0.2) is 12.6 Å². The molecule has 2 aromatic rings. The summed E-state index contributed by atoms with van der Waals surface area (Å²) in [4.78, 5) is 18.5. The number of hydrogen-bond acceptors (Lipinski definition) is 4. The highest BCUT2D eigenvalue weighted by Gasteiger charge is 2.20. The van der Waals surface area contributed by atoms with Gasteiger partial charge in [-0.1, -0.05) is 42.5 Å². The van der Waals surface area contributed by atoms with Crippen LogP contribution in [0.1, 0.15) is 30.9 Å². The smallest absolute Gasteiger partial charge is 0.257 e. The molecule has 2 aromatic carbocycles. The van der Waals surface area contributed by atoms with E-state index in [2.05, 4.69) is 56.2 Å². The van der Waals surface area contributed by atoms with E-state index in [1.54, 1.807) is 7.05 Å². The summed E-state index contributed by atoms with van der Waals surface area (Å²) >= 11 is 0. The summed E-state index contributed by atoms with van der Waals surface area (Å²) in [5.41, 5.74) is 2.44. The Morgan fingerprint density at radius 2 is 1.81 bits per heavy atom. The van der Waals surface area contributed by atoms with Crippen LogP contribution in [0.3, 0.4) is 0 Å². The van der Waals surface area contributed by atoms with E-state index >= 15 is 0 Å². The van der Waals surface area contributed by atoms with Crippen LogP contribution in [0.2, 0.25) is 0 Å². The number of carbonyl (C=O) groups excluding carboxylic acids is 1. The van der Waals surface area contributed by atoms with Crippen molar-refractivity contribution >= 4 is 11.9 Å². The molecule has 7 heteroatoms. The first-order valence-corrected chi connectivity index (χ1v) is 11.4. The van der Waals surface area contributed by atoms with Gasteiger partial charge in [0, 0.05) is 45.8 Å². The maximum Gasteiger partial charge on any atom is 0.257 e. The number of amides is 1.